The molecule has 3 heterocycles. The minimum atomic E-state index is -1.55. The molecular weight excluding hydrogens is 401 g/mol. The van der Waals surface area contributed by atoms with E-state index in [9.17, 15) is 14.8 Å². The highest BCUT2D eigenvalue weighted by atomic mass is 16.5. The second-order valence-corrected chi connectivity index (χ2v) is 6.56. The lowest BCUT2D eigenvalue weighted by Crippen LogP contribution is -2.30. The summed E-state index contributed by atoms with van der Waals surface area (Å²) in [4.78, 5) is 28.9. The summed E-state index contributed by atoms with van der Waals surface area (Å²) in [6, 6.07) is 10.2. The molecule has 12 heteroatoms. The second kappa shape index (κ2) is 8.38. The van der Waals surface area contributed by atoms with Crippen LogP contribution in [0.3, 0.4) is 0 Å². The smallest absolute Gasteiger partial charge is 0.467 e. The van der Waals surface area contributed by atoms with Gasteiger partial charge in [0.2, 0.25) is 11.8 Å². The minimum Gasteiger partial charge on any atom is -0.467 e. The van der Waals surface area contributed by atoms with Crippen molar-refractivity contribution < 1.29 is 19.6 Å². The third-order valence-corrected chi connectivity index (χ3v) is 4.53. The molecule has 5 N–H and O–H groups in total. The number of fused-ring (bicyclic) bond motifs is 1. The molecule has 1 aromatic carbocycles. The number of imidazole rings is 1. The number of pyridine rings is 1. The summed E-state index contributed by atoms with van der Waals surface area (Å²) in [5.74, 6) is 0.283. The first-order valence-corrected chi connectivity index (χ1v) is 9.21. The quantitative estimate of drug-likeness (QED) is 0.292. The van der Waals surface area contributed by atoms with Crippen LogP contribution in [0.15, 0.2) is 48.8 Å². The van der Waals surface area contributed by atoms with Gasteiger partial charge in [-0.25, -0.2) is 4.98 Å². The van der Waals surface area contributed by atoms with E-state index in [1.807, 2.05) is 6.07 Å². The van der Waals surface area contributed by atoms with Crippen molar-refractivity contribution in [3.8, 4) is 17.7 Å². The first kappa shape index (κ1) is 20.3. The van der Waals surface area contributed by atoms with Crippen LogP contribution in [0.2, 0.25) is 0 Å². The molecule has 0 spiro atoms. The molecule has 31 heavy (non-hydrogen) atoms. The van der Waals surface area contributed by atoms with Gasteiger partial charge >= 0.3 is 13.1 Å². The molecule has 0 saturated carbocycles. The fourth-order valence-electron chi connectivity index (χ4n) is 3.07. The van der Waals surface area contributed by atoms with Gasteiger partial charge in [-0.1, -0.05) is 24.3 Å². The molecule has 0 saturated heterocycles. The van der Waals surface area contributed by atoms with E-state index in [0.717, 1.165) is 5.56 Å². The van der Waals surface area contributed by atoms with Crippen molar-refractivity contribution >= 4 is 30.0 Å². The molecule has 0 atom stereocenters. The van der Waals surface area contributed by atoms with Gasteiger partial charge in [-0.15, -0.1) is 0 Å². The van der Waals surface area contributed by atoms with Gasteiger partial charge < -0.3 is 25.8 Å². The first-order valence-electron chi connectivity index (χ1n) is 9.21. The molecule has 0 aliphatic carbocycles. The Kier molecular flexibility index (Phi) is 5.47. The highest BCUT2D eigenvalue weighted by Crippen LogP contribution is 2.21. The van der Waals surface area contributed by atoms with E-state index in [1.54, 1.807) is 40.9 Å². The number of carbonyl (C=O) groups excluding carboxylic acids is 1. The number of nitrogens with one attached hydrogen (secondary N) is 1. The van der Waals surface area contributed by atoms with Gasteiger partial charge in [0.1, 0.15) is 0 Å². The van der Waals surface area contributed by atoms with Crippen LogP contribution in [0.1, 0.15) is 15.9 Å². The molecule has 0 radical (unpaired) electrons. The number of nitrogens with zero attached hydrogens (tertiary/aromatic N) is 5. The van der Waals surface area contributed by atoms with Crippen molar-refractivity contribution in [1.29, 1.82) is 0 Å². The van der Waals surface area contributed by atoms with Crippen LogP contribution in [0.25, 0.3) is 17.2 Å². The average molecular weight is 419 g/mol. The van der Waals surface area contributed by atoms with Gasteiger partial charge in [0, 0.05) is 12.7 Å². The van der Waals surface area contributed by atoms with E-state index >= 15 is 0 Å². The zero-order valence-corrected chi connectivity index (χ0v) is 16.4. The summed E-state index contributed by atoms with van der Waals surface area (Å²) >= 11 is 0. The largest absolute Gasteiger partial charge is 0.488 e. The summed E-state index contributed by atoms with van der Waals surface area (Å²) in [5, 5.41) is 21.7. The van der Waals surface area contributed by atoms with Crippen molar-refractivity contribution in [1.82, 2.24) is 24.3 Å². The first-order chi connectivity index (χ1) is 15.0. The fourth-order valence-corrected chi connectivity index (χ4v) is 3.07. The Hall–Kier alpha value is -4.03. The Balaban J connectivity index is 1.67. The lowest BCUT2D eigenvalue weighted by Gasteiger charge is -2.09. The Labute approximate surface area is 176 Å². The molecule has 4 rings (SSSR count). The van der Waals surface area contributed by atoms with Gasteiger partial charge in [-0.2, -0.15) is 15.0 Å². The van der Waals surface area contributed by atoms with Crippen molar-refractivity contribution in [3.63, 3.8) is 0 Å². The van der Waals surface area contributed by atoms with E-state index in [4.69, 9.17) is 10.5 Å². The molecule has 4 aromatic rings. The molecule has 0 aliphatic heterocycles. The lowest BCUT2D eigenvalue weighted by atomic mass is 9.80. The number of anilines is 1. The zero-order valence-electron chi connectivity index (χ0n) is 16.4. The van der Waals surface area contributed by atoms with Crippen LogP contribution in [0, 0.1) is 0 Å². The summed E-state index contributed by atoms with van der Waals surface area (Å²) in [6.07, 6.45) is 3.24. The summed E-state index contributed by atoms with van der Waals surface area (Å²) in [7, 11) is -0.119. The average Bonchev–Trinajstić information content (AvgIpc) is 3.21. The minimum absolute atomic E-state index is 0.0786. The van der Waals surface area contributed by atoms with Gasteiger partial charge in [0.05, 0.1) is 24.4 Å². The Bertz CT molecular complexity index is 1260. The van der Waals surface area contributed by atoms with Crippen molar-refractivity contribution in [2.24, 2.45) is 5.73 Å². The molecule has 3 aromatic heterocycles. The van der Waals surface area contributed by atoms with Gasteiger partial charge in [-0.3, -0.25) is 9.20 Å². The number of hydrogen-bond donors (Lipinski definition) is 4. The van der Waals surface area contributed by atoms with Crippen LogP contribution < -0.4 is 21.3 Å². The normalized spacial score (nSPS) is 10.8. The number of rotatable bonds is 7. The second-order valence-electron chi connectivity index (χ2n) is 6.56. The Morgan fingerprint density at radius 2 is 2.06 bits per heavy atom. The standard InChI is InChI=1S/C19H18BN7O4/c1-31-19-25-16(17-22-10-14-13(15(21)28)6-3-7-27(14)17)24-18(26-19)23-9-11-4-2-5-12(8-11)20(29)30/h2-8,10,29-30H,9H2,1H3,(H2,21,28)(H,23,24,25,26). The molecule has 0 bridgehead atoms. The SMILES string of the molecule is COc1nc(NCc2cccc(B(O)O)c2)nc(-c2ncc3c(C(N)=O)cccn23)n1. The Morgan fingerprint density at radius 1 is 1.23 bits per heavy atom. The molecular formula is C19H18BN7O4. The molecule has 156 valence electrons. The lowest BCUT2D eigenvalue weighted by molar-refractivity contribution is 0.100. The van der Waals surface area contributed by atoms with E-state index < -0.39 is 13.0 Å². The van der Waals surface area contributed by atoms with Crippen molar-refractivity contribution in [2.75, 3.05) is 12.4 Å². The number of nitrogens with two attached hydrogens (primary N) is 1. The number of primary amides is 1. The van der Waals surface area contributed by atoms with Crippen molar-refractivity contribution in [2.45, 2.75) is 6.54 Å². The number of aromatic nitrogens is 5. The topological polar surface area (TPSA) is 161 Å². The molecule has 0 fully saturated rings. The molecule has 0 aliphatic rings. The highest BCUT2D eigenvalue weighted by molar-refractivity contribution is 6.58. The van der Waals surface area contributed by atoms with Gasteiger partial charge in [0.25, 0.3) is 5.91 Å². The monoisotopic (exact) mass is 419 g/mol. The maximum Gasteiger partial charge on any atom is 0.488 e. The van der Waals surface area contributed by atoms with Crippen molar-refractivity contribution in [3.05, 3.63) is 59.9 Å². The maximum absolute atomic E-state index is 11.7. The number of ether oxygens (including phenoxy) is 1. The zero-order chi connectivity index (χ0) is 22.0. The number of carbonyl (C=O) groups is 1. The van der Waals surface area contributed by atoms with Gasteiger partial charge in [-0.05, 0) is 23.2 Å². The number of amides is 1. The number of benzene rings is 1. The molecule has 1 amide bonds. The number of hydrogen-bond acceptors (Lipinski definition) is 9. The third kappa shape index (κ3) is 4.15. The predicted octanol–water partition coefficient (Wildman–Crippen LogP) is -0.414. The number of methoxy groups -OCH3 is 1. The molecule has 0 unspecified atom stereocenters. The maximum atomic E-state index is 11.7. The van der Waals surface area contributed by atoms with Gasteiger partial charge in [0.15, 0.2) is 5.82 Å². The van der Waals surface area contributed by atoms with E-state index in [-0.39, 0.29) is 17.8 Å². The van der Waals surface area contributed by atoms with Crippen LogP contribution >= 0.6 is 0 Å². The summed E-state index contributed by atoms with van der Waals surface area (Å²) in [5.41, 5.74) is 7.46. The fraction of sp³-hybridized carbons (Fsp3) is 0.105. The van der Waals surface area contributed by atoms with Crippen LogP contribution in [-0.4, -0.2) is 54.5 Å². The summed E-state index contributed by atoms with van der Waals surface area (Å²) in [6.45, 7) is 0.321. The molecule has 11 nitrogen and oxygen atoms in total. The predicted molar refractivity (Wildman–Crippen MR) is 113 cm³/mol. The van der Waals surface area contributed by atoms with E-state index in [1.165, 1.54) is 13.3 Å². The Morgan fingerprint density at radius 3 is 2.81 bits per heavy atom. The van der Waals surface area contributed by atoms with Crippen LogP contribution in [0.4, 0.5) is 5.95 Å². The van der Waals surface area contributed by atoms with E-state index in [2.05, 4.69) is 25.3 Å². The van der Waals surface area contributed by atoms with Crippen LogP contribution in [-0.2, 0) is 6.54 Å². The third-order valence-electron chi connectivity index (χ3n) is 4.53. The highest BCUT2D eigenvalue weighted by Gasteiger charge is 2.17. The van der Waals surface area contributed by atoms with E-state index in [0.29, 0.717) is 28.9 Å². The summed E-state index contributed by atoms with van der Waals surface area (Å²) < 4.78 is 6.85. The van der Waals surface area contributed by atoms with Crippen LogP contribution in [0.5, 0.6) is 6.01 Å².